The van der Waals surface area contributed by atoms with Gasteiger partial charge in [0.25, 0.3) is 11.6 Å². The summed E-state index contributed by atoms with van der Waals surface area (Å²) in [5.74, 6) is -0.320. The van der Waals surface area contributed by atoms with Gasteiger partial charge in [0.2, 0.25) is 0 Å². The van der Waals surface area contributed by atoms with Gasteiger partial charge >= 0.3 is 0 Å². The zero-order valence-electron chi connectivity index (χ0n) is 16.0. The van der Waals surface area contributed by atoms with E-state index in [1.165, 1.54) is 18.2 Å². The minimum Gasteiger partial charge on any atom is -0.359 e. The third kappa shape index (κ3) is 4.43. The van der Waals surface area contributed by atoms with Crippen LogP contribution in [0.5, 0.6) is 0 Å². The van der Waals surface area contributed by atoms with Gasteiger partial charge in [0.05, 0.1) is 49.0 Å². The first-order valence-electron chi connectivity index (χ1n) is 9.33. The van der Waals surface area contributed by atoms with Crippen LogP contribution >= 0.6 is 11.6 Å². The van der Waals surface area contributed by atoms with Crippen LogP contribution in [0.15, 0.2) is 36.4 Å². The fourth-order valence-electron chi connectivity index (χ4n) is 3.50. The molecule has 0 radical (unpaired) electrons. The molecule has 0 saturated carbocycles. The third-order valence-corrected chi connectivity index (χ3v) is 5.41. The molecule has 1 saturated heterocycles. The van der Waals surface area contributed by atoms with Crippen LogP contribution in [-0.2, 0) is 0 Å². The minimum atomic E-state index is -0.454. The van der Waals surface area contributed by atoms with Gasteiger partial charge in [0.15, 0.2) is 0 Å². The average Bonchev–Trinajstić information content (AvgIpc) is 2.68. The second-order valence-corrected chi connectivity index (χ2v) is 7.40. The summed E-state index contributed by atoms with van der Waals surface area (Å²) >= 11 is 6.16. The summed E-state index contributed by atoms with van der Waals surface area (Å²) in [7, 11) is 0. The van der Waals surface area contributed by atoms with E-state index in [4.69, 9.17) is 11.6 Å². The van der Waals surface area contributed by atoms with E-state index in [0.29, 0.717) is 21.8 Å². The summed E-state index contributed by atoms with van der Waals surface area (Å²) in [6.45, 7) is 8.83. The van der Waals surface area contributed by atoms with Crippen molar-refractivity contribution in [3.05, 3.63) is 62.7 Å². The van der Waals surface area contributed by atoms with Gasteiger partial charge in [-0.3, -0.25) is 14.9 Å². The van der Waals surface area contributed by atoms with Gasteiger partial charge in [-0.2, -0.15) is 0 Å². The molecule has 1 aliphatic heterocycles. The van der Waals surface area contributed by atoms with Crippen LogP contribution in [-0.4, -0.2) is 43.6 Å². The lowest BCUT2D eigenvalue weighted by Gasteiger charge is -2.34. The van der Waals surface area contributed by atoms with E-state index >= 15 is 0 Å². The van der Waals surface area contributed by atoms with Gasteiger partial charge in [-0.25, -0.2) is 0 Å². The highest BCUT2D eigenvalue weighted by atomic mass is 35.5. The molecule has 0 unspecified atom stereocenters. The first-order chi connectivity index (χ1) is 13.4. The largest absolute Gasteiger partial charge is 0.359 e. The maximum Gasteiger partial charge on any atom is 0.272 e. The van der Waals surface area contributed by atoms with Crippen LogP contribution in [0.3, 0.4) is 0 Å². The number of piperazine rings is 1. The van der Waals surface area contributed by atoms with Crippen molar-refractivity contribution in [2.75, 3.05) is 42.9 Å². The van der Waals surface area contributed by atoms with Gasteiger partial charge in [-0.15, -0.1) is 0 Å². The van der Waals surface area contributed by atoms with Crippen LogP contribution in [0.4, 0.5) is 17.1 Å². The Labute approximate surface area is 169 Å². The maximum atomic E-state index is 12.7. The number of carbonyl (C=O) groups is 1. The number of benzene rings is 2. The lowest BCUT2D eigenvalue weighted by Crippen LogP contribution is -3.14. The molecule has 1 heterocycles. The normalized spacial score (nSPS) is 14.8. The lowest BCUT2D eigenvalue weighted by atomic mass is 10.1. The number of rotatable bonds is 5. The fraction of sp³-hybridized carbons (Fsp3) is 0.350. The molecule has 2 N–H and O–H groups in total. The molecular formula is C20H24ClN4O3+. The predicted octanol–water partition coefficient (Wildman–Crippen LogP) is 2.53. The third-order valence-electron chi connectivity index (χ3n) is 5.17. The Bertz CT molecular complexity index is 895. The number of nitrogens with one attached hydrogen (secondary N) is 2. The standard InChI is InChI=1S/C20H23ClN4O3/c1-3-23-8-10-24(11-9-23)19-7-5-16(21)13-17(19)22-20(26)15-4-6-18(25(27)28)14(2)12-15/h4-7,12-13H,3,8-11H2,1-2H3,(H,22,26)/p+1. The first kappa shape index (κ1) is 20.1. The van der Waals surface area contributed by atoms with Crippen LogP contribution in [0.1, 0.15) is 22.8 Å². The van der Waals surface area contributed by atoms with E-state index in [0.717, 1.165) is 38.4 Å². The summed E-state index contributed by atoms with van der Waals surface area (Å²) in [6, 6.07) is 9.84. The quantitative estimate of drug-likeness (QED) is 0.594. The molecule has 7 nitrogen and oxygen atoms in total. The predicted molar refractivity (Wildman–Crippen MR) is 111 cm³/mol. The van der Waals surface area contributed by atoms with Crippen molar-refractivity contribution >= 4 is 34.6 Å². The number of carbonyl (C=O) groups excluding carboxylic acids is 1. The molecule has 0 aliphatic carbocycles. The van der Waals surface area contributed by atoms with Crippen molar-refractivity contribution < 1.29 is 14.6 Å². The molecule has 0 bridgehead atoms. The number of aryl methyl sites for hydroxylation is 1. The van der Waals surface area contributed by atoms with Crippen LogP contribution < -0.4 is 15.1 Å². The van der Waals surface area contributed by atoms with Gasteiger partial charge in [0.1, 0.15) is 0 Å². The van der Waals surface area contributed by atoms with E-state index in [1.54, 1.807) is 17.9 Å². The number of nitrogens with zero attached hydrogens (tertiary/aromatic N) is 2. The minimum absolute atomic E-state index is 0.00344. The summed E-state index contributed by atoms with van der Waals surface area (Å²) in [6.07, 6.45) is 0. The summed E-state index contributed by atoms with van der Waals surface area (Å²) < 4.78 is 0. The van der Waals surface area contributed by atoms with E-state index in [9.17, 15) is 14.9 Å². The number of halogens is 1. The average molecular weight is 404 g/mol. The molecule has 1 aliphatic rings. The molecule has 148 valence electrons. The molecule has 2 aromatic carbocycles. The topological polar surface area (TPSA) is 79.9 Å². The van der Waals surface area contributed by atoms with Crippen molar-refractivity contribution in [1.82, 2.24) is 0 Å². The second-order valence-electron chi connectivity index (χ2n) is 6.96. The summed E-state index contributed by atoms with van der Waals surface area (Å²) in [5.41, 5.74) is 2.40. The number of quaternary nitrogens is 1. The first-order valence-corrected chi connectivity index (χ1v) is 9.71. The molecule has 8 heteroatoms. The maximum absolute atomic E-state index is 12.7. The van der Waals surface area contributed by atoms with Gasteiger partial charge < -0.3 is 15.1 Å². The highest BCUT2D eigenvalue weighted by Crippen LogP contribution is 2.30. The van der Waals surface area contributed by atoms with Crippen molar-refractivity contribution in [2.45, 2.75) is 13.8 Å². The van der Waals surface area contributed by atoms with Crippen molar-refractivity contribution in [3.63, 3.8) is 0 Å². The highest BCUT2D eigenvalue weighted by Gasteiger charge is 2.22. The highest BCUT2D eigenvalue weighted by molar-refractivity contribution is 6.31. The van der Waals surface area contributed by atoms with Crippen molar-refractivity contribution in [3.8, 4) is 0 Å². The Morgan fingerprint density at radius 2 is 1.96 bits per heavy atom. The number of nitro groups is 1. The number of likely N-dealkylation sites (N-methyl/N-ethyl adjacent to an activating group) is 1. The second kappa shape index (κ2) is 8.58. The van der Waals surface area contributed by atoms with Crippen molar-refractivity contribution in [1.29, 1.82) is 0 Å². The van der Waals surface area contributed by atoms with E-state index < -0.39 is 4.92 Å². The monoisotopic (exact) mass is 403 g/mol. The Balaban J connectivity index is 1.82. The smallest absolute Gasteiger partial charge is 0.272 e. The summed E-state index contributed by atoms with van der Waals surface area (Å²) in [5, 5.41) is 14.4. The molecule has 1 fully saturated rings. The molecule has 0 aromatic heterocycles. The van der Waals surface area contributed by atoms with Crippen LogP contribution in [0.25, 0.3) is 0 Å². The summed E-state index contributed by atoms with van der Waals surface area (Å²) in [4.78, 5) is 27.1. The van der Waals surface area contributed by atoms with Crippen molar-refractivity contribution in [2.24, 2.45) is 0 Å². The van der Waals surface area contributed by atoms with E-state index in [-0.39, 0.29) is 11.6 Å². The molecule has 0 spiro atoms. The zero-order chi connectivity index (χ0) is 20.3. The molecule has 2 aromatic rings. The Kier molecular flexibility index (Phi) is 6.16. The van der Waals surface area contributed by atoms with Crippen LogP contribution in [0, 0.1) is 17.0 Å². The zero-order valence-corrected chi connectivity index (χ0v) is 16.8. The molecule has 3 rings (SSSR count). The fourth-order valence-corrected chi connectivity index (χ4v) is 3.67. The molecular weight excluding hydrogens is 380 g/mol. The number of hydrogen-bond donors (Lipinski definition) is 2. The van der Waals surface area contributed by atoms with Gasteiger partial charge in [-0.05, 0) is 44.2 Å². The molecule has 1 amide bonds. The van der Waals surface area contributed by atoms with E-state index in [1.807, 2.05) is 12.1 Å². The Morgan fingerprint density at radius 3 is 2.57 bits per heavy atom. The Morgan fingerprint density at radius 1 is 1.25 bits per heavy atom. The van der Waals surface area contributed by atoms with E-state index in [2.05, 4.69) is 17.1 Å². The SMILES string of the molecule is CC[NH+]1CCN(c2ccc(Cl)cc2NC(=O)c2ccc([N+](=O)[O-])c(C)c2)CC1. The molecule has 0 atom stereocenters. The van der Waals surface area contributed by atoms with Gasteiger partial charge in [0, 0.05) is 22.2 Å². The number of amides is 1. The van der Waals surface area contributed by atoms with Crippen LogP contribution in [0.2, 0.25) is 5.02 Å². The number of anilines is 2. The number of nitro benzene ring substituents is 1. The van der Waals surface area contributed by atoms with Gasteiger partial charge in [-0.1, -0.05) is 11.6 Å². The number of hydrogen-bond acceptors (Lipinski definition) is 4. The lowest BCUT2D eigenvalue weighted by molar-refractivity contribution is -0.898. The Hall–Kier alpha value is -2.64. The molecule has 28 heavy (non-hydrogen) atoms.